The number of phenolic OH excluding ortho intramolecular Hbond substituents is 1. The molecule has 184 valence electrons. The normalized spacial score (nSPS) is 33.2. The van der Waals surface area contributed by atoms with Crippen LogP contribution in [0.5, 0.6) is 5.75 Å². The van der Waals surface area contributed by atoms with Crippen LogP contribution >= 0.6 is 0 Å². The number of hydrogen-bond donors (Lipinski definition) is 2. The van der Waals surface area contributed by atoms with Crippen molar-refractivity contribution < 1.29 is 24.5 Å². The quantitative estimate of drug-likeness (QED) is 0.224. The van der Waals surface area contributed by atoms with Crippen molar-refractivity contribution in [3.05, 3.63) is 60.7 Å². The number of aromatic hydroxyl groups is 1. The third-order valence-corrected chi connectivity index (χ3v) is 8.47. The molecule has 3 rings (SSSR count). The minimum atomic E-state index is -0.822. The smallest absolute Gasteiger partial charge is 0.338 e. The molecule has 0 saturated heterocycles. The van der Waals surface area contributed by atoms with Crippen molar-refractivity contribution >= 4 is 18.0 Å². The van der Waals surface area contributed by atoms with Crippen molar-refractivity contribution in [2.24, 2.45) is 22.7 Å². The van der Waals surface area contributed by atoms with Crippen molar-refractivity contribution in [1.29, 1.82) is 0 Å². The summed E-state index contributed by atoms with van der Waals surface area (Å²) in [7, 11) is 0. The number of carbonyl (C=O) groups excluding carboxylic acids is 2. The molecule has 0 heterocycles. The number of phenols is 1. The van der Waals surface area contributed by atoms with Crippen LogP contribution in [0.2, 0.25) is 0 Å². The van der Waals surface area contributed by atoms with Gasteiger partial charge >= 0.3 is 11.9 Å². The molecule has 0 amide bonds. The molecule has 0 radical (unpaired) electrons. The Hall–Kier alpha value is -2.66. The molecule has 1 aromatic rings. The van der Waals surface area contributed by atoms with Gasteiger partial charge in [-0.1, -0.05) is 50.3 Å². The molecular formula is C29H38O5. The van der Waals surface area contributed by atoms with E-state index in [4.69, 9.17) is 4.74 Å². The van der Waals surface area contributed by atoms with Crippen molar-refractivity contribution in [2.75, 3.05) is 0 Å². The number of benzene rings is 1. The zero-order valence-electron chi connectivity index (χ0n) is 20.7. The van der Waals surface area contributed by atoms with E-state index in [9.17, 15) is 19.8 Å². The maximum atomic E-state index is 13.4. The highest BCUT2D eigenvalue weighted by Crippen LogP contribution is 2.63. The summed E-state index contributed by atoms with van der Waals surface area (Å²) < 4.78 is 5.33. The fraction of sp³-hybridized carbons (Fsp3) is 0.517. The number of allylic oxidation sites excluding steroid dienone is 2. The molecule has 2 aliphatic carbocycles. The average molecular weight is 467 g/mol. The molecule has 2 N–H and O–H groups in total. The average Bonchev–Trinajstić information content (AvgIpc) is 2.77. The number of aliphatic hydroxyl groups is 1. The van der Waals surface area contributed by atoms with E-state index in [1.807, 2.05) is 13.8 Å². The van der Waals surface area contributed by atoms with Gasteiger partial charge in [0.15, 0.2) is 0 Å². The van der Waals surface area contributed by atoms with Crippen molar-refractivity contribution in [1.82, 2.24) is 0 Å². The van der Waals surface area contributed by atoms with Crippen molar-refractivity contribution in [2.45, 2.75) is 71.3 Å². The van der Waals surface area contributed by atoms with Crippen molar-refractivity contribution in [3.8, 4) is 5.75 Å². The molecule has 0 unspecified atom stereocenters. The van der Waals surface area contributed by atoms with Gasteiger partial charge in [-0.25, -0.2) is 4.79 Å². The minimum absolute atomic E-state index is 0.00738. The Morgan fingerprint density at radius 2 is 1.82 bits per heavy atom. The third-order valence-electron chi connectivity index (χ3n) is 8.47. The molecule has 2 fully saturated rings. The van der Waals surface area contributed by atoms with Crippen LogP contribution in [0.25, 0.3) is 6.08 Å². The number of ether oxygens (including phenoxy) is 1. The molecule has 34 heavy (non-hydrogen) atoms. The largest absolute Gasteiger partial charge is 0.508 e. The summed E-state index contributed by atoms with van der Waals surface area (Å²) in [5.74, 6) is -1.03. The minimum Gasteiger partial charge on any atom is -0.508 e. The molecule has 5 heteroatoms. The van der Waals surface area contributed by atoms with Gasteiger partial charge in [0.05, 0.1) is 11.0 Å². The second kappa shape index (κ2) is 9.91. The van der Waals surface area contributed by atoms with E-state index < -0.39 is 23.0 Å². The Balaban J connectivity index is 1.78. The number of fused-ring (bicyclic) bond motifs is 1. The van der Waals surface area contributed by atoms with E-state index in [2.05, 4.69) is 20.1 Å². The Bertz CT molecular complexity index is 973. The number of carbonyl (C=O) groups is 2. The second-order valence-electron chi connectivity index (χ2n) is 10.8. The second-order valence-corrected chi connectivity index (χ2v) is 10.8. The highest BCUT2D eigenvalue weighted by Gasteiger charge is 2.61. The summed E-state index contributed by atoms with van der Waals surface area (Å²) in [5.41, 5.74) is -0.195. The Morgan fingerprint density at radius 3 is 2.47 bits per heavy atom. The third kappa shape index (κ3) is 5.20. The number of esters is 2. The zero-order chi connectivity index (χ0) is 25.1. The lowest BCUT2D eigenvalue weighted by Gasteiger charge is -2.61. The van der Waals surface area contributed by atoms with Gasteiger partial charge in [-0.15, -0.1) is 0 Å². The van der Waals surface area contributed by atoms with Crippen LogP contribution in [0.15, 0.2) is 55.1 Å². The summed E-state index contributed by atoms with van der Waals surface area (Å²) in [4.78, 5) is 25.8. The van der Waals surface area contributed by atoms with E-state index >= 15 is 0 Å². The summed E-state index contributed by atoms with van der Waals surface area (Å²) in [6.07, 6.45) is 9.85. The molecule has 2 aliphatic rings. The standard InChI is InChI=1S/C29H38O5/c1-6-20(2)8-14-24-27(3)17-7-18-28(4,23(27)16-19-29(24,5)33)26(32)34-25(31)15-11-21-9-12-22(30)13-10-21/h6,9-13,15,23-24,30,33H,1-2,7-8,14,16-19H2,3-5H3/b15-11+/t23-,24-,27+,28+,29-/m1/s1. The molecule has 2 saturated carbocycles. The first-order valence-corrected chi connectivity index (χ1v) is 12.2. The predicted molar refractivity (Wildman–Crippen MR) is 134 cm³/mol. The maximum absolute atomic E-state index is 13.4. The molecule has 0 spiro atoms. The van der Waals surface area contributed by atoms with Crippen LogP contribution in [-0.4, -0.2) is 27.8 Å². The van der Waals surface area contributed by atoms with E-state index in [1.54, 1.807) is 24.3 Å². The van der Waals surface area contributed by atoms with Crippen LogP contribution < -0.4 is 0 Å². The van der Waals surface area contributed by atoms with Gasteiger partial charge in [0, 0.05) is 6.08 Å². The first kappa shape index (κ1) is 26.0. The molecular weight excluding hydrogens is 428 g/mol. The molecule has 1 aromatic carbocycles. The lowest BCUT2D eigenvalue weighted by Crippen LogP contribution is -2.60. The van der Waals surface area contributed by atoms with Crippen LogP contribution in [0.1, 0.15) is 71.3 Å². The lowest BCUT2D eigenvalue weighted by molar-refractivity contribution is -0.195. The van der Waals surface area contributed by atoms with Crippen molar-refractivity contribution in [3.63, 3.8) is 0 Å². The highest BCUT2D eigenvalue weighted by molar-refractivity contribution is 5.96. The summed E-state index contributed by atoms with van der Waals surface area (Å²) >= 11 is 0. The topological polar surface area (TPSA) is 83.8 Å². The van der Waals surface area contributed by atoms with Crippen LogP contribution in [0, 0.1) is 22.7 Å². The Labute approximate surface area is 203 Å². The Morgan fingerprint density at radius 1 is 1.15 bits per heavy atom. The van der Waals surface area contributed by atoms with Crippen LogP contribution in [-0.2, 0) is 14.3 Å². The van der Waals surface area contributed by atoms with Gasteiger partial charge in [0.2, 0.25) is 0 Å². The fourth-order valence-corrected chi connectivity index (χ4v) is 6.61. The Kier molecular flexibility index (Phi) is 7.56. The number of hydrogen-bond acceptors (Lipinski definition) is 5. The first-order valence-electron chi connectivity index (χ1n) is 12.2. The van der Waals surface area contributed by atoms with E-state index in [-0.39, 0.29) is 23.0 Å². The summed E-state index contributed by atoms with van der Waals surface area (Å²) in [6.45, 7) is 13.9. The zero-order valence-corrected chi connectivity index (χ0v) is 20.7. The molecule has 0 aromatic heterocycles. The SMILES string of the molecule is C=CC(=C)CC[C@@H]1[C@@]2(C)CCC[C@](C)(C(=O)OC(=O)/C=C/c3ccc(O)cc3)[C@@H]2CC[C@@]1(C)O. The maximum Gasteiger partial charge on any atom is 0.338 e. The predicted octanol–water partition coefficient (Wildman–Crippen LogP) is 5.97. The monoisotopic (exact) mass is 466 g/mol. The van der Waals surface area contributed by atoms with Gasteiger partial charge < -0.3 is 14.9 Å². The van der Waals surface area contributed by atoms with E-state index in [1.165, 1.54) is 18.2 Å². The highest BCUT2D eigenvalue weighted by atomic mass is 16.6. The van der Waals surface area contributed by atoms with Gasteiger partial charge in [0.1, 0.15) is 5.75 Å². The lowest BCUT2D eigenvalue weighted by atomic mass is 9.44. The van der Waals surface area contributed by atoms with Gasteiger partial charge in [-0.05, 0) is 93.4 Å². The molecule has 5 nitrogen and oxygen atoms in total. The van der Waals surface area contributed by atoms with Crippen LogP contribution in [0.4, 0.5) is 0 Å². The van der Waals surface area contributed by atoms with E-state index in [0.717, 1.165) is 36.8 Å². The molecule has 0 aliphatic heterocycles. The summed E-state index contributed by atoms with van der Waals surface area (Å²) in [6, 6.07) is 6.39. The fourth-order valence-electron chi connectivity index (χ4n) is 6.61. The van der Waals surface area contributed by atoms with Gasteiger partial charge in [-0.2, -0.15) is 0 Å². The van der Waals surface area contributed by atoms with Crippen LogP contribution in [0.3, 0.4) is 0 Å². The first-order chi connectivity index (χ1) is 15.9. The van der Waals surface area contributed by atoms with Gasteiger partial charge in [-0.3, -0.25) is 4.79 Å². The molecule has 5 atom stereocenters. The number of rotatable bonds is 7. The van der Waals surface area contributed by atoms with E-state index in [0.29, 0.717) is 19.3 Å². The summed E-state index contributed by atoms with van der Waals surface area (Å²) in [5, 5.41) is 20.7. The van der Waals surface area contributed by atoms with Gasteiger partial charge in [0.25, 0.3) is 0 Å². The molecule has 0 bridgehead atoms.